The van der Waals surface area contributed by atoms with E-state index in [2.05, 4.69) is 22.6 Å². The van der Waals surface area contributed by atoms with E-state index in [4.69, 9.17) is 4.98 Å². The molecule has 1 N–H and O–H groups in total. The summed E-state index contributed by atoms with van der Waals surface area (Å²) in [5, 5.41) is 9.29. The van der Waals surface area contributed by atoms with E-state index in [1.807, 2.05) is 0 Å². The zero-order valence-electron chi connectivity index (χ0n) is 11.9. The molecule has 0 radical (unpaired) electrons. The minimum atomic E-state index is 0.307. The molecule has 1 aromatic rings. The molecule has 1 saturated heterocycles. The van der Waals surface area contributed by atoms with Crippen LogP contribution in [0.4, 0.5) is 0 Å². The van der Waals surface area contributed by atoms with Crippen LogP contribution in [0.1, 0.15) is 43.6 Å². The van der Waals surface area contributed by atoms with Crippen molar-refractivity contribution in [2.45, 2.75) is 45.1 Å². The summed E-state index contributed by atoms with van der Waals surface area (Å²) in [5.41, 5.74) is 1.30. The predicted molar refractivity (Wildman–Crippen MR) is 75.2 cm³/mol. The molecule has 0 spiro atoms. The van der Waals surface area contributed by atoms with E-state index < -0.39 is 0 Å². The second-order valence-electron chi connectivity index (χ2n) is 6.03. The van der Waals surface area contributed by atoms with E-state index in [0.717, 1.165) is 19.4 Å². The highest BCUT2D eigenvalue weighted by molar-refractivity contribution is 5.12. The first-order chi connectivity index (χ1) is 9.30. The Morgan fingerprint density at radius 3 is 2.79 bits per heavy atom. The van der Waals surface area contributed by atoms with Crippen LogP contribution in [0.2, 0.25) is 0 Å². The molecule has 1 atom stereocenters. The van der Waals surface area contributed by atoms with Gasteiger partial charge in [-0.2, -0.15) is 0 Å². The van der Waals surface area contributed by atoms with Crippen molar-refractivity contribution in [3.63, 3.8) is 0 Å². The third-order valence-corrected chi connectivity index (χ3v) is 4.82. The van der Waals surface area contributed by atoms with Crippen molar-refractivity contribution in [3.05, 3.63) is 17.7 Å². The molecule has 4 heteroatoms. The highest BCUT2D eigenvalue weighted by Crippen LogP contribution is 2.29. The lowest BCUT2D eigenvalue weighted by atomic mass is 9.94. The number of aryl methyl sites for hydroxylation is 1. The third-order valence-electron chi connectivity index (χ3n) is 4.82. The molecule has 106 valence electrons. The fraction of sp³-hybridized carbons (Fsp3) is 0.800. The Hall–Kier alpha value is -0.870. The first-order valence-corrected chi connectivity index (χ1v) is 7.69. The molecule has 4 nitrogen and oxygen atoms in total. The number of hydrogen-bond acceptors (Lipinski definition) is 3. The number of aliphatic hydroxyl groups excluding tert-OH is 1. The molecule has 1 aromatic heterocycles. The maximum absolute atomic E-state index is 9.29. The van der Waals surface area contributed by atoms with Crippen molar-refractivity contribution in [1.29, 1.82) is 0 Å². The molecule has 0 saturated carbocycles. The fourth-order valence-corrected chi connectivity index (χ4v) is 3.43. The maximum Gasteiger partial charge on any atom is 0.108 e. The lowest BCUT2D eigenvalue weighted by molar-refractivity contribution is 0.190. The Labute approximate surface area is 115 Å². The molecule has 3 rings (SSSR count). The Kier molecular flexibility index (Phi) is 3.89. The van der Waals surface area contributed by atoms with Crippen molar-refractivity contribution in [3.8, 4) is 0 Å². The van der Waals surface area contributed by atoms with Crippen LogP contribution < -0.4 is 0 Å². The zero-order valence-corrected chi connectivity index (χ0v) is 11.9. The van der Waals surface area contributed by atoms with Gasteiger partial charge in [0.05, 0.1) is 5.69 Å². The molecule has 0 aromatic carbocycles. The van der Waals surface area contributed by atoms with E-state index in [9.17, 15) is 5.11 Å². The number of aliphatic hydroxyl groups is 1. The quantitative estimate of drug-likeness (QED) is 0.901. The van der Waals surface area contributed by atoms with Crippen molar-refractivity contribution in [2.24, 2.45) is 5.92 Å². The third kappa shape index (κ3) is 2.70. The van der Waals surface area contributed by atoms with Gasteiger partial charge >= 0.3 is 0 Å². The summed E-state index contributed by atoms with van der Waals surface area (Å²) in [6.45, 7) is 7.09. The number of rotatable bonds is 3. The number of hydrogen-bond donors (Lipinski definition) is 1. The summed E-state index contributed by atoms with van der Waals surface area (Å²) in [6, 6.07) is 0. The largest absolute Gasteiger partial charge is 0.396 e. The summed E-state index contributed by atoms with van der Waals surface area (Å²) in [7, 11) is 0. The van der Waals surface area contributed by atoms with Crippen LogP contribution in [-0.4, -0.2) is 45.8 Å². The SMILES string of the molecule is CCN1CCC(c2cn3c(n2)CCC(CO)C3)CC1. The van der Waals surface area contributed by atoms with Crippen molar-refractivity contribution >= 4 is 0 Å². The van der Waals surface area contributed by atoms with Crippen LogP contribution in [0, 0.1) is 5.92 Å². The van der Waals surface area contributed by atoms with Gasteiger partial charge in [0.15, 0.2) is 0 Å². The first-order valence-electron chi connectivity index (χ1n) is 7.69. The molecule has 2 aliphatic rings. The van der Waals surface area contributed by atoms with Gasteiger partial charge in [-0.05, 0) is 38.9 Å². The molecule has 3 heterocycles. The first kappa shape index (κ1) is 13.1. The monoisotopic (exact) mass is 263 g/mol. The second-order valence-corrected chi connectivity index (χ2v) is 6.03. The van der Waals surface area contributed by atoms with Gasteiger partial charge in [-0.15, -0.1) is 0 Å². The summed E-state index contributed by atoms with van der Waals surface area (Å²) >= 11 is 0. The number of aromatic nitrogens is 2. The van der Waals surface area contributed by atoms with Gasteiger partial charge < -0.3 is 14.6 Å². The number of imidazole rings is 1. The fourth-order valence-electron chi connectivity index (χ4n) is 3.43. The Balaban J connectivity index is 1.68. The van der Waals surface area contributed by atoms with Gasteiger partial charge in [0.25, 0.3) is 0 Å². The van der Waals surface area contributed by atoms with Gasteiger partial charge in [-0.25, -0.2) is 4.98 Å². The van der Waals surface area contributed by atoms with Crippen molar-refractivity contribution in [1.82, 2.24) is 14.5 Å². The molecular formula is C15H25N3O. The molecule has 0 aliphatic carbocycles. The average molecular weight is 263 g/mol. The lowest BCUT2D eigenvalue weighted by Gasteiger charge is -2.30. The molecule has 1 unspecified atom stereocenters. The maximum atomic E-state index is 9.29. The molecule has 0 bridgehead atoms. The second kappa shape index (κ2) is 5.63. The Morgan fingerprint density at radius 2 is 2.11 bits per heavy atom. The van der Waals surface area contributed by atoms with Crippen LogP contribution in [-0.2, 0) is 13.0 Å². The van der Waals surface area contributed by atoms with Crippen LogP contribution >= 0.6 is 0 Å². The summed E-state index contributed by atoms with van der Waals surface area (Å²) in [4.78, 5) is 7.38. The highest BCUT2D eigenvalue weighted by Gasteiger charge is 2.25. The molecular weight excluding hydrogens is 238 g/mol. The zero-order chi connectivity index (χ0) is 13.2. The van der Waals surface area contributed by atoms with Gasteiger partial charge in [0.1, 0.15) is 5.82 Å². The predicted octanol–water partition coefficient (Wildman–Crippen LogP) is 1.64. The summed E-state index contributed by atoms with van der Waals surface area (Å²) in [6.07, 6.45) is 6.85. The Morgan fingerprint density at radius 1 is 1.32 bits per heavy atom. The lowest BCUT2D eigenvalue weighted by Crippen LogP contribution is -2.32. The standard InChI is InChI=1S/C15H25N3O/c1-2-17-7-5-13(6-8-17)14-10-18-9-12(11-19)3-4-15(18)16-14/h10,12-13,19H,2-9,11H2,1H3. The number of likely N-dealkylation sites (tertiary alicyclic amines) is 1. The van der Waals surface area contributed by atoms with Gasteiger partial charge in [0, 0.05) is 37.6 Å². The van der Waals surface area contributed by atoms with Gasteiger partial charge in [0.2, 0.25) is 0 Å². The molecule has 0 amide bonds. The molecule has 2 aliphatic heterocycles. The number of piperidine rings is 1. The van der Waals surface area contributed by atoms with E-state index in [-0.39, 0.29) is 0 Å². The molecule has 1 fully saturated rings. The smallest absolute Gasteiger partial charge is 0.108 e. The van der Waals surface area contributed by atoms with Crippen molar-refractivity contribution < 1.29 is 5.11 Å². The van der Waals surface area contributed by atoms with Crippen LogP contribution in [0.3, 0.4) is 0 Å². The van der Waals surface area contributed by atoms with E-state index in [0.29, 0.717) is 18.4 Å². The van der Waals surface area contributed by atoms with E-state index in [1.165, 1.54) is 44.0 Å². The number of fused-ring (bicyclic) bond motifs is 1. The Bertz CT molecular complexity index is 421. The van der Waals surface area contributed by atoms with E-state index in [1.54, 1.807) is 0 Å². The van der Waals surface area contributed by atoms with E-state index >= 15 is 0 Å². The van der Waals surface area contributed by atoms with Crippen molar-refractivity contribution in [2.75, 3.05) is 26.2 Å². The van der Waals surface area contributed by atoms with Gasteiger partial charge in [-0.1, -0.05) is 6.92 Å². The minimum absolute atomic E-state index is 0.307. The van der Waals surface area contributed by atoms with Crippen LogP contribution in [0.15, 0.2) is 6.20 Å². The van der Waals surface area contributed by atoms with Crippen LogP contribution in [0.5, 0.6) is 0 Å². The summed E-state index contributed by atoms with van der Waals surface area (Å²) < 4.78 is 2.28. The summed E-state index contributed by atoms with van der Waals surface area (Å²) in [5.74, 6) is 2.31. The molecule has 19 heavy (non-hydrogen) atoms. The average Bonchev–Trinajstić information content (AvgIpc) is 2.90. The van der Waals surface area contributed by atoms with Crippen LogP contribution in [0.25, 0.3) is 0 Å². The highest BCUT2D eigenvalue weighted by atomic mass is 16.3. The topological polar surface area (TPSA) is 41.3 Å². The van der Waals surface area contributed by atoms with Gasteiger partial charge in [-0.3, -0.25) is 0 Å². The minimum Gasteiger partial charge on any atom is -0.396 e. The number of nitrogens with zero attached hydrogens (tertiary/aromatic N) is 3. The normalized spacial score (nSPS) is 25.5.